The summed E-state index contributed by atoms with van der Waals surface area (Å²) in [4.78, 5) is 32.9. The van der Waals surface area contributed by atoms with Crippen LogP contribution in [0.2, 0.25) is 0 Å². The Morgan fingerprint density at radius 1 is 1.24 bits per heavy atom. The number of pyridine rings is 2. The number of anilines is 1. The number of carbonyl (C=O) groups excluding carboxylic acids is 1. The van der Waals surface area contributed by atoms with Crippen molar-refractivity contribution >= 4 is 17.9 Å². The topological polar surface area (TPSA) is 131 Å². The van der Waals surface area contributed by atoms with Gasteiger partial charge >= 0.3 is 0 Å². The molecule has 0 fully saturated rings. The molecule has 33 heavy (non-hydrogen) atoms. The monoisotopic (exact) mass is 447 g/mol. The van der Waals surface area contributed by atoms with Crippen molar-refractivity contribution in [3.05, 3.63) is 80.3 Å². The molecule has 3 aromatic rings. The van der Waals surface area contributed by atoms with Gasteiger partial charge in [0, 0.05) is 41.2 Å². The second kappa shape index (κ2) is 10.2. The maximum absolute atomic E-state index is 13.2. The molecule has 0 aliphatic carbocycles. The summed E-state index contributed by atoms with van der Waals surface area (Å²) in [5.74, 6) is 0.00283. The van der Waals surface area contributed by atoms with Crippen molar-refractivity contribution in [3.8, 4) is 11.3 Å². The van der Waals surface area contributed by atoms with Crippen molar-refractivity contribution < 1.29 is 9.90 Å². The Balaban J connectivity index is 2.04. The van der Waals surface area contributed by atoms with Crippen molar-refractivity contribution in [1.29, 1.82) is 5.41 Å². The van der Waals surface area contributed by atoms with E-state index in [9.17, 15) is 14.7 Å². The van der Waals surface area contributed by atoms with Crippen LogP contribution in [0.5, 0.6) is 0 Å². The summed E-state index contributed by atoms with van der Waals surface area (Å²) in [7, 11) is 0. The number of aromatic amines is 1. The second-order valence-corrected chi connectivity index (χ2v) is 8.24. The van der Waals surface area contributed by atoms with Crippen LogP contribution in [0.15, 0.2) is 41.2 Å². The molecule has 0 saturated heterocycles. The molecule has 0 radical (unpaired) electrons. The average Bonchev–Trinajstić information content (AvgIpc) is 2.77. The van der Waals surface area contributed by atoms with Crippen molar-refractivity contribution in [2.75, 3.05) is 5.32 Å². The van der Waals surface area contributed by atoms with Crippen LogP contribution in [0.4, 0.5) is 5.82 Å². The van der Waals surface area contributed by atoms with E-state index in [1.54, 1.807) is 19.1 Å². The molecule has 0 bridgehead atoms. The fraction of sp³-hybridized carbons (Fsp3) is 0.280. The first kappa shape index (κ1) is 23.9. The number of aryl methyl sites for hydroxylation is 2. The normalized spacial score (nSPS) is 10.8. The second-order valence-electron chi connectivity index (χ2n) is 8.24. The summed E-state index contributed by atoms with van der Waals surface area (Å²) < 4.78 is 0. The number of aliphatic hydroxyl groups excluding tert-OH is 1. The lowest BCUT2D eigenvalue weighted by Gasteiger charge is -2.17. The Kier molecular flexibility index (Phi) is 7.40. The molecule has 5 N–H and O–H groups in total. The van der Waals surface area contributed by atoms with Crippen LogP contribution in [-0.2, 0) is 13.2 Å². The third-order valence-corrected chi connectivity index (χ3v) is 5.20. The largest absolute Gasteiger partial charge is 0.392 e. The third kappa shape index (κ3) is 5.53. The van der Waals surface area contributed by atoms with Crippen LogP contribution >= 0.6 is 0 Å². The van der Waals surface area contributed by atoms with E-state index in [-0.39, 0.29) is 30.3 Å². The van der Waals surface area contributed by atoms with Crippen LogP contribution in [0.1, 0.15) is 52.2 Å². The highest BCUT2D eigenvalue weighted by Gasteiger charge is 2.19. The number of nitrogens with zero attached hydrogens (tertiary/aromatic N) is 1. The predicted octanol–water partition coefficient (Wildman–Crippen LogP) is 3.29. The SMILES string of the molecule is Cc1cc(C)c(CNC(=O)c2cc(-c3cccc(CO)c3)nc(NC(C)C)c2C=N)c(=O)[nH]1. The van der Waals surface area contributed by atoms with E-state index in [1.807, 2.05) is 45.0 Å². The van der Waals surface area contributed by atoms with Crippen LogP contribution < -0.4 is 16.2 Å². The van der Waals surface area contributed by atoms with E-state index >= 15 is 0 Å². The number of amides is 1. The molecular weight excluding hydrogens is 418 g/mol. The molecule has 0 unspecified atom stereocenters. The molecule has 8 nitrogen and oxygen atoms in total. The van der Waals surface area contributed by atoms with Crippen molar-refractivity contribution in [3.63, 3.8) is 0 Å². The quantitative estimate of drug-likeness (QED) is 0.338. The fourth-order valence-electron chi connectivity index (χ4n) is 3.61. The Bertz CT molecular complexity index is 1250. The van der Waals surface area contributed by atoms with Crippen molar-refractivity contribution in [2.24, 2.45) is 0 Å². The first-order chi connectivity index (χ1) is 15.7. The minimum atomic E-state index is -0.415. The molecule has 0 aliphatic rings. The number of hydrogen-bond acceptors (Lipinski definition) is 6. The Morgan fingerprint density at radius 2 is 2.00 bits per heavy atom. The first-order valence-electron chi connectivity index (χ1n) is 10.7. The molecule has 0 atom stereocenters. The minimum absolute atomic E-state index is 0.0277. The van der Waals surface area contributed by atoms with E-state index in [1.165, 1.54) is 0 Å². The minimum Gasteiger partial charge on any atom is -0.392 e. The van der Waals surface area contributed by atoms with E-state index in [0.717, 1.165) is 28.6 Å². The number of nitrogens with one attached hydrogen (secondary N) is 4. The Labute approximate surface area is 192 Å². The number of aromatic nitrogens is 2. The highest BCUT2D eigenvalue weighted by atomic mass is 16.3. The fourth-order valence-corrected chi connectivity index (χ4v) is 3.61. The van der Waals surface area contributed by atoms with E-state index in [2.05, 4.69) is 20.6 Å². The maximum atomic E-state index is 13.2. The molecule has 2 heterocycles. The van der Waals surface area contributed by atoms with Crippen LogP contribution in [0.3, 0.4) is 0 Å². The number of aliphatic hydroxyl groups is 1. The standard InChI is InChI=1S/C25H29N5O3/c1-14(2)28-23-20(11-26)19(10-22(30-23)18-7-5-6-17(9-18)13-31)24(32)27-12-21-15(3)8-16(4)29-25(21)33/h5-11,14,26,31H,12-13H2,1-4H3,(H,27,32)(H,28,30)(H,29,33). The lowest BCUT2D eigenvalue weighted by atomic mass is 10.0. The lowest BCUT2D eigenvalue weighted by molar-refractivity contribution is 0.0950. The van der Waals surface area contributed by atoms with Gasteiger partial charge in [-0.2, -0.15) is 0 Å². The maximum Gasteiger partial charge on any atom is 0.253 e. The molecule has 0 saturated carbocycles. The van der Waals surface area contributed by atoms with Crippen molar-refractivity contribution in [2.45, 2.75) is 46.9 Å². The van der Waals surface area contributed by atoms with Gasteiger partial charge < -0.3 is 26.1 Å². The molecule has 0 aliphatic heterocycles. The van der Waals surface area contributed by atoms with Crippen molar-refractivity contribution in [1.82, 2.24) is 15.3 Å². The zero-order valence-corrected chi connectivity index (χ0v) is 19.2. The van der Waals surface area contributed by atoms with Gasteiger partial charge in [0.15, 0.2) is 0 Å². The van der Waals surface area contributed by atoms with Gasteiger partial charge in [-0.15, -0.1) is 0 Å². The molecule has 172 valence electrons. The van der Waals surface area contributed by atoms with Gasteiger partial charge in [-0.3, -0.25) is 9.59 Å². The number of benzene rings is 1. The van der Waals surface area contributed by atoms with Crippen LogP contribution in [-0.4, -0.2) is 33.2 Å². The highest BCUT2D eigenvalue weighted by molar-refractivity contribution is 6.05. The van der Waals surface area contributed by atoms with Gasteiger partial charge in [0.05, 0.1) is 17.9 Å². The summed E-state index contributed by atoms with van der Waals surface area (Å²) in [6.45, 7) is 7.47. The molecule has 0 spiro atoms. The average molecular weight is 448 g/mol. The lowest BCUT2D eigenvalue weighted by Crippen LogP contribution is -2.29. The molecule has 1 amide bonds. The zero-order valence-electron chi connectivity index (χ0n) is 19.2. The zero-order chi connectivity index (χ0) is 24.1. The summed E-state index contributed by atoms with van der Waals surface area (Å²) in [5.41, 5.74) is 4.43. The molecule has 8 heteroatoms. The van der Waals surface area contributed by atoms with Gasteiger partial charge in [0.2, 0.25) is 0 Å². The predicted molar refractivity (Wildman–Crippen MR) is 130 cm³/mol. The van der Waals surface area contributed by atoms with Gasteiger partial charge in [0.1, 0.15) is 5.82 Å². The molecule has 1 aromatic carbocycles. The number of hydrogen-bond donors (Lipinski definition) is 5. The number of carbonyl (C=O) groups is 1. The van der Waals surface area contributed by atoms with Crippen LogP contribution in [0.25, 0.3) is 11.3 Å². The van der Waals surface area contributed by atoms with E-state index < -0.39 is 5.91 Å². The Hall–Kier alpha value is -3.78. The summed E-state index contributed by atoms with van der Waals surface area (Å²) in [5, 5.41) is 23.4. The molecule has 2 aromatic heterocycles. The van der Waals surface area contributed by atoms with E-state index in [0.29, 0.717) is 22.6 Å². The number of rotatable bonds is 8. The summed E-state index contributed by atoms with van der Waals surface area (Å²) >= 11 is 0. The van der Waals surface area contributed by atoms with E-state index in [4.69, 9.17) is 5.41 Å². The summed E-state index contributed by atoms with van der Waals surface area (Å²) in [6.07, 6.45) is 1.10. The first-order valence-corrected chi connectivity index (χ1v) is 10.7. The summed E-state index contributed by atoms with van der Waals surface area (Å²) in [6, 6.07) is 10.8. The third-order valence-electron chi connectivity index (χ3n) is 5.20. The van der Waals surface area contributed by atoms with Crippen LogP contribution in [0, 0.1) is 19.3 Å². The molecular formula is C25H29N5O3. The van der Waals surface area contributed by atoms with Gasteiger partial charge in [0.25, 0.3) is 11.5 Å². The smallest absolute Gasteiger partial charge is 0.253 e. The van der Waals surface area contributed by atoms with Gasteiger partial charge in [-0.25, -0.2) is 4.98 Å². The van der Waals surface area contributed by atoms with Gasteiger partial charge in [-0.1, -0.05) is 18.2 Å². The Morgan fingerprint density at radius 3 is 2.64 bits per heavy atom. The highest BCUT2D eigenvalue weighted by Crippen LogP contribution is 2.26. The molecule has 3 rings (SSSR count). The van der Waals surface area contributed by atoms with Gasteiger partial charge in [-0.05, 0) is 57.0 Å². The number of H-pyrrole nitrogens is 1.